The van der Waals surface area contributed by atoms with Gasteiger partial charge in [0.05, 0.1) is 19.9 Å². The van der Waals surface area contributed by atoms with Gasteiger partial charge in [0.15, 0.2) is 17.4 Å². The average molecular weight is 518 g/mol. The molecule has 2 atom stereocenters. The lowest BCUT2D eigenvalue weighted by molar-refractivity contribution is 0.146. The van der Waals surface area contributed by atoms with Crippen molar-refractivity contribution in [1.82, 2.24) is 19.7 Å². The number of furan rings is 1. The first-order chi connectivity index (χ1) is 17.1. The summed E-state index contributed by atoms with van der Waals surface area (Å²) in [7, 11) is -1.27. The first-order valence-corrected chi connectivity index (χ1v) is 12.5. The van der Waals surface area contributed by atoms with E-state index >= 15 is 0 Å². The number of rotatable bonds is 9. The third-order valence-electron chi connectivity index (χ3n) is 5.62. The van der Waals surface area contributed by atoms with Gasteiger partial charge in [0, 0.05) is 6.92 Å². The van der Waals surface area contributed by atoms with E-state index in [9.17, 15) is 13.5 Å². The maximum atomic E-state index is 13.4. The van der Waals surface area contributed by atoms with Gasteiger partial charge >= 0.3 is 0 Å². The lowest BCUT2D eigenvalue weighted by atomic mass is 10.2. The molecular weight excluding hydrogens is 490 g/mol. The van der Waals surface area contributed by atoms with Crippen molar-refractivity contribution in [3.8, 4) is 28.8 Å². The Bertz CT molecular complexity index is 1470. The monoisotopic (exact) mass is 517 g/mol. The number of hydrogen-bond acceptors (Lipinski definition) is 10. The number of nitrogens with one attached hydrogen (secondary N) is 1. The van der Waals surface area contributed by atoms with E-state index in [1.54, 1.807) is 51.1 Å². The number of aliphatic hydroxyl groups is 1. The molecule has 12 nitrogen and oxygen atoms in total. The predicted octanol–water partition coefficient (Wildman–Crippen LogP) is 3.32. The van der Waals surface area contributed by atoms with Gasteiger partial charge in [-0.05, 0) is 45.0 Å². The van der Waals surface area contributed by atoms with Gasteiger partial charge in [0.25, 0.3) is 0 Å². The van der Waals surface area contributed by atoms with E-state index < -0.39 is 21.4 Å². The molecule has 0 spiro atoms. The van der Waals surface area contributed by atoms with Crippen LogP contribution in [0.15, 0.2) is 39.2 Å². The Morgan fingerprint density at radius 3 is 2.22 bits per heavy atom. The zero-order valence-corrected chi connectivity index (χ0v) is 21.5. The molecule has 0 aliphatic heterocycles. The van der Waals surface area contributed by atoms with Crippen LogP contribution in [0.25, 0.3) is 17.3 Å². The Kier molecular flexibility index (Phi) is 6.78. The molecule has 0 saturated heterocycles. The van der Waals surface area contributed by atoms with Crippen molar-refractivity contribution in [2.75, 3.05) is 18.9 Å². The van der Waals surface area contributed by atoms with Gasteiger partial charge in [-0.15, -0.1) is 10.2 Å². The van der Waals surface area contributed by atoms with Crippen molar-refractivity contribution < 1.29 is 31.8 Å². The molecule has 36 heavy (non-hydrogen) atoms. The third kappa shape index (κ3) is 4.54. The molecule has 0 amide bonds. The molecule has 13 heteroatoms. The van der Waals surface area contributed by atoms with Crippen molar-refractivity contribution in [3.63, 3.8) is 0 Å². The summed E-state index contributed by atoms with van der Waals surface area (Å²) in [5.41, 5.74) is 0.753. The highest BCUT2D eigenvalue weighted by molar-refractivity contribution is 7.93. The second kappa shape index (κ2) is 9.66. The zero-order valence-electron chi connectivity index (χ0n) is 20.6. The summed E-state index contributed by atoms with van der Waals surface area (Å²) in [5, 5.41) is 17.7. The fourth-order valence-electron chi connectivity index (χ4n) is 3.75. The van der Waals surface area contributed by atoms with Crippen LogP contribution in [-0.2, 0) is 10.0 Å². The molecule has 0 saturated carbocycles. The molecule has 3 aromatic heterocycles. The highest BCUT2D eigenvalue weighted by Gasteiger charge is 2.35. The number of sulfonamides is 1. The van der Waals surface area contributed by atoms with Crippen molar-refractivity contribution in [2.45, 2.75) is 39.0 Å². The molecule has 0 aliphatic rings. The number of anilines is 1. The van der Waals surface area contributed by atoms with Gasteiger partial charge in [-0.2, -0.15) is 0 Å². The van der Waals surface area contributed by atoms with Crippen LogP contribution in [0.1, 0.15) is 36.1 Å². The Balaban J connectivity index is 1.83. The maximum absolute atomic E-state index is 13.4. The van der Waals surface area contributed by atoms with E-state index in [0.29, 0.717) is 40.3 Å². The van der Waals surface area contributed by atoms with E-state index in [4.69, 9.17) is 18.3 Å². The van der Waals surface area contributed by atoms with Crippen LogP contribution in [0.4, 0.5) is 5.95 Å². The minimum atomic E-state index is -4.22. The molecule has 2 unspecified atom stereocenters. The minimum Gasteiger partial charge on any atom is -0.494 e. The largest absolute Gasteiger partial charge is 0.494 e. The number of aliphatic hydroxyl groups excluding tert-OH is 1. The predicted molar refractivity (Wildman–Crippen MR) is 130 cm³/mol. The Morgan fingerprint density at radius 2 is 1.69 bits per heavy atom. The molecular formula is C23H27N5O7S. The summed E-state index contributed by atoms with van der Waals surface area (Å²) in [6.07, 6.45) is -1.48. The summed E-state index contributed by atoms with van der Waals surface area (Å²) in [6.45, 7) is 6.37. The van der Waals surface area contributed by atoms with E-state index in [1.807, 2.05) is 0 Å². The third-order valence-corrected chi connectivity index (χ3v) is 7.33. The molecule has 3 heterocycles. The summed E-state index contributed by atoms with van der Waals surface area (Å²) in [6, 6.07) is 8.55. The molecule has 0 aliphatic carbocycles. The van der Waals surface area contributed by atoms with Crippen molar-refractivity contribution in [2.24, 2.45) is 0 Å². The minimum absolute atomic E-state index is 0.0741. The van der Waals surface area contributed by atoms with Gasteiger partial charge in [-0.1, -0.05) is 6.07 Å². The summed E-state index contributed by atoms with van der Waals surface area (Å²) in [4.78, 5) is 4.10. The van der Waals surface area contributed by atoms with Crippen molar-refractivity contribution in [1.29, 1.82) is 0 Å². The Hall–Kier alpha value is -3.84. The highest BCUT2D eigenvalue weighted by Crippen LogP contribution is 2.38. The number of ether oxygens (including phenoxy) is 2. The lowest BCUT2D eigenvalue weighted by Gasteiger charge is -2.20. The Morgan fingerprint density at radius 1 is 1.03 bits per heavy atom. The second-order valence-electron chi connectivity index (χ2n) is 8.08. The number of aryl methyl sites for hydroxylation is 3. The quantitative estimate of drug-likeness (QED) is 0.338. The molecule has 2 N–H and O–H groups in total. The number of methoxy groups -OCH3 is 2. The van der Waals surface area contributed by atoms with Crippen LogP contribution in [0.3, 0.4) is 0 Å². The van der Waals surface area contributed by atoms with Gasteiger partial charge < -0.3 is 23.4 Å². The summed E-state index contributed by atoms with van der Waals surface area (Å²) in [5.74, 6) is 2.16. The van der Waals surface area contributed by atoms with Crippen LogP contribution in [0.5, 0.6) is 11.5 Å². The molecule has 192 valence electrons. The number of benzene rings is 1. The SMILES string of the molecule is COc1cccc(OC)c1-n1c(NS(=O)(=O)C(C)C(O)c2oc(C)nc2C)nnc1-c1ccc(C)o1. The van der Waals surface area contributed by atoms with Crippen molar-refractivity contribution >= 4 is 16.0 Å². The summed E-state index contributed by atoms with van der Waals surface area (Å²) < 4.78 is 52.8. The van der Waals surface area contributed by atoms with Crippen LogP contribution in [0.2, 0.25) is 0 Å². The molecule has 0 radical (unpaired) electrons. The smallest absolute Gasteiger partial charge is 0.243 e. The molecule has 4 rings (SSSR count). The number of para-hydroxylation sites is 1. The summed E-state index contributed by atoms with van der Waals surface area (Å²) >= 11 is 0. The first-order valence-electron chi connectivity index (χ1n) is 10.9. The van der Waals surface area contributed by atoms with Crippen LogP contribution < -0.4 is 14.2 Å². The number of hydrogen-bond donors (Lipinski definition) is 2. The van der Waals surface area contributed by atoms with E-state index in [2.05, 4.69) is 19.9 Å². The normalized spacial score (nSPS) is 13.4. The number of aromatic nitrogens is 4. The van der Waals surface area contributed by atoms with Gasteiger partial charge in [-0.25, -0.2) is 13.4 Å². The van der Waals surface area contributed by atoms with Crippen LogP contribution in [0, 0.1) is 20.8 Å². The highest BCUT2D eigenvalue weighted by atomic mass is 32.2. The lowest BCUT2D eigenvalue weighted by Crippen LogP contribution is -2.32. The topological polar surface area (TPSA) is 155 Å². The molecule has 0 bridgehead atoms. The van der Waals surface area contributed by atoms with E-state index in [1.165, 1.54) is 25.7 Å². The van der Waals surface area contributed by atoms with E-state index in [0.717, 1.165) is 0 Å². The van der Waals surface area contributed by atoms with Gasteiger partial charge in [0.1, 0.15) is 34.3 Å². The van der Waals surface area contributed by atoms with Crippen LogP contribution >= 0.6 is 0 Å². The van der Waals surface area contributed by atoms with Crippen LogP contribution in [-0.4, -0.2) is 52.7 Å². The molecule has 0 fully saturated rings. The van der Waals surface area contributed by atoms with Gasteiger partial charge in [0.2, 0.25) is 21.8 Å². The fourth-order valence-corrected chi connectivity index (χ4v) is 4.79. The molecule has 4 aromatic rings. The molecule has 1 aromatic carbocycles. The maximum Gasteiger partial charge on any atom is 0.243 e. The average Bonchev–Trinajstić information content (AvgIpc) is 3.55. The van der Waals surface area contributed by atoms with E-state index in [-0.39, 0.29) is 17.5 Å². The number of nitrogens with zero attached hydrogens (tertiary/aromatic N) is 4. The number of oxazole rings is 1. The Labute approximate surface area is 207 Å². The van der Waals surface area contributed by atoms with Gasteiger partial charge in [-0.3, -0.25) is 9.29 Å². The second-order valence-corrected chi connectivity index (χ2v) is 10.1. The standard InChI is InChI=1S/C23H27N5O7S/c1-12-10-11-18(34-12)22-25-26-23(28(22)19-16(32-5)8-7-9-17(19)33-6)27-36(30,31)14(3)20(29)21-13(2)24-15(4)35-21/h7-11,14,20,29H,1-6H3,(H,26,27). The fraction of sp³-hybridized carbons (Fsp3) is 0.348. The zero-order chi connectivity index (χ0) is 26.2. The first kappa shape index (κ1) is 25.3. The van der Waals surface area contributed by atoms with Crippen molar-refractivity contribution in [3.05, 3.63) is 53.4 Å².